The monoisotopic (exact) mass is 470 g/mol. The Kier molecular flexibility index (Phi) is 6.77. The van der Waals surface area contributed by atoms with Crippen LogP contribution in [0.15, 0.2) is 60.7 Å². The van der Waals surface area contributed by atoms with E-state index >= 15 is 0 Å². The van der Waals surface area contributed by atoms with Crippen molar-refractivity contribution < 1.29 is 37.3 Å². The SMILES string of the molecule is COc1ccc(-c2cc(NC(=O)CNC(=O)c3ccc4c(c3)OCO4)ccc2OC(F)F)cc1. The molecule has 0 aromatic heterocycles. The second-order valence-electron chi connectivity index (χ2n) is 7.12. The number of rotatable bonds is 8. The first-order valence-electron chi connectivity index (χ1n) is 10.1. The first kappa shape index (κ1) is 22.8. The number of benzene rings is 3. The Bertz CT molecular complexity index is 1200. The lowest BCUT2D eigenvalue weighted by Crippen LogP contribution is -2.32. The highest BCUT2D eigenvalue weighted by molar-refractivity contribution is 6.00. The summed E-state index contributed by atoms with van der Waals surface area (Å²) in [5, 5.41) is 5.16. The van der Waals surface area contributed by atoms with E-state index in [0.717, 1.165) is 0 Å². The summed E-state index contributed by atoms with van der Waals surface area (Å²) in [4.78, 5) is 24.7. The molecule has 0 saturated carbocycles. The van der Waals surface area contributed by atoms with Crippen LogP contribution in [0.25, 0.3) is 11.1 Å². The van der Waals surface area contributed by atoms with Crippen molar-refractivity contribution in [1.82, 2.24) is 5.32 Å². The van der Waals surface area contributed by atoms with Crippen LogP contribution in [0.1, 0.15) is 10.4 Å². The maximum Gasteiger partial charge on any atom is 0.387 e. The van der Waals surface area contributed by atoms with Crippen LogP contribution < -0.4 is 29.6 Å². The number of hydrogen-bond acceptors (Lipinski definition) is 6. The third-order valence-electron chi connectivity index (χ3n) is 4.92. The molecule has 1 aliphatic rings. The molecule has 0 aliphatic carbocycles. The topological polar surface area (TPSA) is 95.1 Å². The smallest absolute Gasteiger partial charge is 0.387 e. The minimum atomic E-state index is -3.01. The number of amides is 2. The average molecular weight is 470 g/mol. The molecule has 0 radical (unpaired) electrons. The van der Waals surface area contributed by atoms with Crippen LogP contribution in [0.5, 0.6) is 23.0 Å². The number of anilines is 1. The van der Waals surface area contributed by atoms with Crippen molar-refractivity contribution in [2.45, 2.75) is 6.61 Å². The van der Waals surface area contributed by atoms with Gasteiger partial charge in [-0.15, -0.1) is 0 Å². The second kappa shape index (κ2) is 10.1. The van der Waals surface area contributed by atoms with E-state index in [1.807, 2.05) is 0 Å². The Morgan fingerprint density at radius 1 is 1.00 bits per heavy atom. The summed E-state index contributed by atoms with van der Waals surface area (Å²) in [6.45, 7) is -3.23. The van der Waals surface area contributed by atoms with Gasteiger partial charge in [-0.05, 0) is 54.1 Å². The number of fused-ring (bicyclic) bond motifs is 1. The summed E-state index contributed by atoms with van der Waals surface area (Å²) in [5.41, 5.74) is 1.59. The summed E-state index contributed by atoms with van der Waals surface area (Å²) >= 11 is 0. The molecule has 3 aromatic rings. The maximum atomic E-state index is 12.9. The van der Waals surface area contributed by atoms with Crippen molar-refractivity contribution in [2.75, 3.05) is 25.8 Å². The molecule has 0 fully saturated rings. The van der Waals surface area contributed by atoms with E-state index in [0.29, 0.717) is 39.6 Å². The van der Waals surface area contributed by atoms with Gasteiger partial charge in [0.25, 0.3) is 5.91 Å². The third kappa shape index (κ3) is 5.34. The van der Waals surface area contributed by atoms with Crippen molar-refractivity contribution >= 4 is 17.5 Å². The Morgan fingerprint density at radius 3 is 2.50 bits per heavy atom. The van der Waals surface area contributed by atoms with E-state index in [-0.39, 0.29) is 19.1 Å². The van der Waals surface area contributed by atoms with Crippen LogP contribution in [-0.4, -0.2) is 38.9 Å². The fraction of sp³-hybridized carbons (Fsp3) is 0.167. The van der Waals surface area contributed by atoms with Gasteiger partial charge in [0, 0.05) is 16.8 Å². The van der Waals surface area contributed by atoms with Gasteiger partial charge in [-0.25, -0.2) is 0 Å². The number of alkyl halides is 2. The highest BCUT2D eigenvalue weighted by Gasteiger charge is 2.17. The standard InChI is InChI=1S/C24H20F2N2O6/c1-31-17-6-2-14(3-7-17)18-11-16(5-9-19(18)34-24(25)26)28-22(29)12-27-23(30)15-4-8-20-21(10-15)33-13-32-20/h2-11,24H,12-13H2,1H3,(H,27,30)(H,28,29). The summed E-state index contributed by atoms with van der Waals surface area (Å²) in [5.74, 6) is 0.581. The molecule has 0 unspecified atom stereocenters. The van der Waals surface area contributed by atoms with E-state index in [1.165, 1.54) is 31.4 Å². The molecule has 8 nitrogen and oxygen atoms in total. The molecule has 10 heteroatoms. The molecular formula is C24H20F2N2O6. The molecule has 2 N–H and O–H groups in total. The molecule has 0 atom stereocenters. The number of carbonyl (C=O) groups is 2. The fourth-order valence-electron chi connectivity index (χ4n) is 3.31. The van der Waals surface area contributed by atoms with E-state index < -0.39 is 18.4 Å². The molecule has 1 heterocycles. The molecule has 3 aromatic carbocycles. The number of hydrogen-bond donors (Lipinski definition) is 2. The van der Waals surface area contributed by atoms with Gasteiger partial charge in [0.2, 0.25) is 12.7 Å². The van der Waals surface area contributed by atoms with Crippen molar-refractivity contribution in [2.24, 2.45) is 0 Å². The van der Waals surface area contributed by atoms with Crippen molar-refractivity contribution in [1.29, 1.82) is 0 Å². The largest absolute Gasteiger partial charge is 0.497 e. The van der Waals surface area contributed by atoms with Crippen LogP contribution in [0.4, 0.5) is 14.5 Å². The number of methoxy groups -OCH3 is 1. The minimum Gasteiger partial charge on any atom is -0.497 e. The van der Waals surface area contributed by atoms with Gasteiger partial charge < -0.3 is 29.6 Å². The quantitative estimate of drug-likeness (QED) is 0.516. The van der Waals surface area contributed by atoms with Crippen LogP contribution >= 0.6 is 0 Å². The highest BCUT2D eigenvalue weighted by atomic mass is 19.3. The minimum absolute atomic E-state index is 0.0470. The predicted molar refractivity (Wildman–Crippen MR) is 119 cm³/mol. The summed E-state index contributed by atoms with van der Waals surface area (Å²) in [6.07, 6.45) is 0. The second-order valence-corrected chi connectivity index (χ2v) is 7.12. The Labute approximate surface area is 193 Å². The molecule has 176 valence electrons. The van der Waals surface area contributed by atoms with E-state index in [2.05, 4.69) is 15.4 Å². The molecule has 0 spiro atoms. The van der Waals surface area contributed by atoms with Crippen LogP contribution in [-0.2, 0) is 4.79 Å². The van der Waals surface area contributed by atoms with Gasteiger partial charge in [0.05, 0.1) is 13.7 Å². The highest BCUT2D eigenvalue weighted by Crippen LogP contribution is 2.35. The van der Waals surface area contributed by atoms with Crippen molar-refractivity contribution in [3.05, 3.63) is 66.2 Å². The van der Waals surface area contributed by atoms with Gasteiger partial charge in [-0.1, -0.05) is 12.1 Å². The Balaban J connectivity index is 1.44. The number of nitrogens with one attached hydrogen (secondary N) is 2. The van der Waals surface area contributed by atoms with E-state index in [1.54, 1.807) is 36.4 Å². The molecule has 1 aliphatic heterocycles. The van der Waals surface area contributed by atoms with Gasteiger partial charge in [0.1, 0.15) is 11.5 Å². The molecular weight excluding hydrogens is 450 g/mol. The van der Waals surface area contributed by atoms with E-state index in [9.17, 15) is 18.4 Å². The Morgan fingerprint density at radius 2 is 1.76 bits per heavy atom. The summed E-state index contributed by atoms with van der Waals surface area (Å²) in [7, 11) is 1.52. The fourth-order valence-corrected chi connectivity index (χ4v) is 3.31. The van der Waals surface area contributed by atoms with Crippen LogP contribution in [0.2, 0.25) is 0 Å². The van der Waals surface area contributed by atoms with Gasteiger partial charge >= 0.3 is 6.61 Å². The summed E-state index contributed by atoms with van der Waals surface area (Å²) < 4.78 is 45.9. The lowest BCUT2D eigenvalue weighted by Gasteiger charge is -2.14. The molecule has 0 saturated heterocycles. The van der Waals surface area contributed by atoms with E-state index in [4.69, 9.17) is 14.2 Å². The van der Waals surface area contributed by atoms with Crippen LogP contribution in [0.3, 0.4) is 0 Å². The normalized spacial score (nSPS) is 11.8. The molecule has 4 rings (SSSR count). The summed E-state index contributed by atoms with van der Waals surface area (Å²) in [6, 6.07) is 15.7. The molecule has 34 heavy (non-hydrogen) atoms. The zero-order valence-electron chi connectivity index (χ0n) is 18.0. The third-order valence-corrected chi connectivity index (χ3v) is 4.92. The average Bonchev–Trinajstić information content (AvgIpc) is 3.31. The number of carbonyl (C=O) groups excluding carboxylic acids is 2. The number of ether oxygens (including phenoxy) is 4. The molecule has 0 bridgehead atoms. The lowest BCUT2D eigenvalue weighted by atomic mass is 10.0. The maximum absolute atomic E-state index is 12.9. The first-order valence-corrected chi connectivity index (χ1v) is 10.1. The first-order chi connectivity index (χ1) is 16.4. The Hall–Kier alpha value is -4.34. The lowest BCUT2D eigenvalue weighted by molar-refractivity contribution is -0.115. The number of halogens is 2. The van der Waals surface area contributed by atoms with Crippen LogP contribution in [0, 0.1) is 0 Å². The zero-order valence-corrected chi connectivity index (χ0v) is 18.0. The van der Waals surface area contributed by atoms with Crippen molar-refractivity contribution in [3.8, 4) is 34.1 Å². The van der Waals surface area contributed by atoms with Gasteiger partial charge in [-0.3, -0.25) is 9.59 Å². The van der Waals surface area contributed by atoms with Gasteiger partial charge in [0.15, 0.2) is 11.5 Å². The predicted octanol–water partition coefficient (Wildman–Crippen LogP) is 4.06. The molecule has 2 amide bonds. The zero-order chi connectivity index (χ0) is 24.1. The van der Waals surface area contributed by atoms with Gasteiger partial charge in [-0.2, -0.15) is 8.78 Å². The van der Waals surface area contributed by atoms with Crippen molar-refractivity contribution in [3.63, 3.8) is 0 Å².